The van der Waals surface area contributed by atoms with Crippen molar-refractivity contribution in [3.05, 3.63) is 24.2 Å². The molecule has 1 fully saturated rings. The summed E-state index contributed by atoms with van der Waals surface area (Å²) in [5.41, 5.74) is 0.239. The van der Waals surface area contributed by atoms with Gasteiger partial charge in [-0.05, 0) is 44.7 Å². The topological polar surface area (TPSA) is 25.2 Å². The van der Waals surface area contributed by atoms with E-state index >= 15 is 0 Å². The molecule has 0 aliphatic heterocycles. The van der Waals surface area contributed by atoms with E-state index in [4.69, 9.17) is 4.42 Å². The Morgan fingerprint density at radius 2 is 2.13 bits per heavy atom. The Hall–Kier alpha value is -0.760. The van der Waals surface area contributed by atoms with Crippen LogP contribution in [0.1, 0.15) is 45.3 Å². The first kappa shape index (κ1) is 10.7. The summed E-state index contributed by atoms with van der Waals surface area (Å²) in [6.45, 7) is 5.47. The molecule has 0 aromatic carbocycles. The molecular formula is C13H21NO. The van der Waals surface area contributed by atoms with Crippen LogP contribution >= 0.6 is 0 Å². The first-order chi connectivity index (χ1) is 7.18. The van der Waals surface area contributed by atoms with Gasteiger partial charge in [0, 0.05) is 5.54 Å². The lowest BCUT2D eigenvalue weighted by Crippen LogP contribution is -2.44. The van der Waals surface area contributed by atoms with E-state index in [0.717, 1.165) is 18.2 Å². The monoisotopic (exact) mass is 207 g/mol. The SMILES string of the molecule is CC(C)(NCc1ccco1)C1CCCC1. The van der Waals surface area contributed by atoms with Crippen molar-refractivity contribution in [2.45, 2.75) is 51.6 Å². The van der Waals surface area contributed by atoms with Crippen LogP contribution in [0.5, 0.6) is 0 Å². The quantitative estimate of drug-likeness (QED) is 0.819. The van der Waals surface area contributed by atoms with Gasteiger partial charge in [-0.1, -0.05) is 12.8 Å². The highest BCUT2D eigenvalue weighted by molar-refractivity contribution is 4.99. The largest absolute Gasteiger partial charge is 0.468 e. The van der Waals surface area contributed by atoms with Crippen LogP contribution in [-0.4, -0.2) is 5.54 Å². The van der Waals surface area contributed by atoms with E-state index in [0.29, 0.717) is 0 Å². The van der Waals surface area contributed by atoms with Crippen LogP contribution in [0.15, 0.2) is 22.8 Å². The van der Waals surface area contributed by atoms with E-state index in [2.05, 4.69) is 19.2 Å². The van der Waals surface area contributed by atoms with Gasteiger partial charge in [0.15, 0.2) is 0 Å². The zero-order valence-corrected chi connectivity index (χ0v) is 9.75. The Labute approximate surface area is 92.1 Å². The summed E-state index contributed by atoms with van der Waals surface area (Å²) in [7, 11) is 0. The molecule has 2 heteroatoms. The predicted molar refractivity (Wildman–Crippen MR) is 61.6 cm³/mol. The Morgan fingerprint density at radius 3 is 2.73 bits per heavy atom. The third-order valence-corrected chi connectivity index (χ3v) is 3.67. The minimum atomic E-state index is 0.239. The first-order valence-electron chi connectivity index (χ1n) is 5.96. The molecule has 0 radical (unpaired) electrons. The van der Waals surface area contributed by atoms with Crippen LogP contribution < -0.4 is 5.32 Å². The Balaban J connectivity index is 1.86. The number of hydrogen-bond acceptors (Lipinski definition) is 2. The number of nitrogens with one attached hydrogen (secondary N) is 1. The van der Waals surface area contributed by atoms with Gasteiger partial charge in [-0.25, -0.2) is 0 Å². The average molecular weight is 207 g/mol. The summed E-state index contributed by atoms with van der Waals surface area (Å²) in [4.78, 5) is 0. The van der Waals surface area contributed by atoms with Crippen molar-refractivity contribution in [1.82, 2.24) is 5.32 Å². The lowest BCUT2D eigenvalue weighted by Gasteiger charge is -2.32. The van der Waals surface area contributed by atoms with Gasteiger partial charge in [0.2, 0.25) is 0 Å². The Bertz CT molecular complexity index is 283. The maximum Gasteiger partial charge on any atom is 0.117 e. The molecule has 2 rings (SSSR count). The molecule has 0 spiro atoms. The minimum absolute atomic E-state index is 0.239. The van der Waals surface area contributed by atoms with Crippen molar-refractivity contribution in [2.24, 2.45) is 5.92 Å². The van der Waals surface area contributed by atoms with Crippen LogP contribution in [-0.2, 0) is 6.54 Å². The number of rotatable bonds is 4. The van der Waals surface area contributed by atoms with E-state index in [1.807, 2.05) is 12.1 Å². The molecule has 1 aromatic heterocycles. The second-order valence-electron chi connectivity index (χ2n) is 5.14. The molecule has 1 aliphatic rings. The lowest BCUT2D eigenvalue weighted by atomic mass is 9.86. The van der Waals surface area contributed by atoms with Crippen LogP contribution in [0, 0.1) is 5.92 Å². The molecule has 0 atom stereocenters. The summed E-state index contributed by atoms with van der Waals surface area (Å²) in [5.74, 6) is 1.86. The maximum absolute atomic E-state index is 5.33. The van der Waals surface area contributed by atoms with Crippen molar-refractivity contribution < 1.29 is 4.42 Å². The van der Waals surface area contributed by atoms with Gasteiger partial charge in [-0.3, -0.25) is 0 Å². The molecule has 0 bridgehead atoms. The molecule has 84 valence electrons. The van der Waals surface area contributed by atoms with Crippen molar-refractivity contribution >= 4 is 0 Å². The van der Waals surface area contributed by atoms with Crippen LogP contribution in [0.4, 0.5) is 0 Å². The van der Waals surface area contributed by atoms with Gasteiger partial charge in [0.25, 0.3) is 0 Å². The zero-order valence-electron chi connectivity index (χ0n) is 9.75. The van der Waals surface area contributed by atoms with Gasteiger partial charge in [0.05, 0.1) is 12.8 Å². The number of furan rings is 1. The standard InChI is InChI=1S/C13H21NO/c1-13(2,11-6-3-4-7-11)14-10-12-8-5-9-15-12/h5,8-9,11,14H,3-4,6-7,10H2,1-2H3. The Kier molecular flexibility index (Phi) is 3.15. The molecule has 0 saturated heterocycles. The smallest absolute Gasteiger partial charge is 0.117 e. The van der Waals surface area contributed by atoms with E-state index < -0.39 is 0 Å². The fourth-order valence-electron chi connectivity index (χ4n) is 2.52. The molecule has 1 aromatic rings. The van der Waals surface area contributed by atoms with Gasteiger partial charge in [-0.2, -0.15) is 0 Å². The summed E-state index contributed by atoms with van der Waals surface area (Å²) < 4.78 is 5.33. The highest BCUT2D eigenvalue weighted by Gasteiger charge is 2.31. The summed E-state index contributed by atoms with van der Waals surface area (Å²) in [6.07, 6.45) is 7.28. The van der Waals surface area contributed by atoms with E-state index in [1.54, 1.807) is 6.26 Å². The van der Waals surface area contributed by atoms with Crippen LogP contribution in [0.2, 0.25) is 0 Å². The average Bonchev–Trinajstić information content (AvgIpc) is 2.88. The maximum atomic E-state index is 5.33. The molecular weight excluding hydrogens is 186 g/mol. The second-order valence-corrected chi connectivity index (χ2v) is 5.14. The highest BCUT2D eigenvalue weighted by Crippen LogP contribution is 2.33. The van der Waals surface area contributed by atoms with Gasteiger partial charge in [-0.15, -0.1) is 0 Å². The predicted octanol–water partition coefficient (Wildman–Crippen LogP) is 3.34. The zero-order chi connectivity index (χ0) is 10.7. The molecule has 0 amide bonds. The van der Waals surface area contributed by atoms with E-state index in [1.165, 1.54) is 25.7 Å². The molecule has 1 heterocycles. The fraction of sp³-hybridized carbons (Fsp3) is 0.692. The summed E-state index contributed by atoms with van der Waals surface area (Å²) >= 11 is 0. The molecule has 1 N–H and O–H groups in total. The van der Waals surface area contributed by atoms with Crippen LogP contribution in [0.3, 0.4) is 0 Å². The molecule has 1 saturated carbocycles. The van der Waals surface area contributed by atoms with Gasteiger partial charge in [0.1, 0.15) is 5.76 Å². The minimum Gasteiger partial charge on any atom is -0.468 e. The molecule has 2 nitrogen and oxygen atoms in total. The normalized spacial score (nSPS) is 18.5. The molecule has 0 unspecified atom stereocenters. The van der Waals surface area contributed by atoms with Crippen molar-refractivity contribution in [3.8, 4) is 0 Å². The third-order valence-electron chi connectivity index (χ3n) is 3.67. The Morgan fingerprint density at radius 1 is 1.40 bits per heavy atom. The van der Waals surface area contributed by atoms with Gasteiger partial charge >= 0.3 is 0 Å². The first-order valence-corrected chi connectivity index (χ1v) is 5.96. The van der Waals surface area contributed by atoms with Crippen molar-refractivity contribution in [3.63, 3.8) is 0 Å². The van der Waals surface area contributed by atoms with Crippen molar-refractivity contribution in [1.29, 1.82) is 0 Å². The summed E-state index contributed by atoms with van der Waals surface area (Å²) in [6, 6.07) is 3.97. The van der Waals surface area contributed by atoms with E-state index in [9.17, 15) is 0 Å². The third kappa shape index (κ3) is 2.63. The second kappa shape index (κ2) is 4.40. The van der Waals surface area contributed by atoms with E-state index in [-0.39, 0.29) is 5.54 Å². The summed E-state index contributed by atoms with van der Waals surface area (Å²) in [5, 5.41) is 3.61. The van der Waals surface area contributed by atoms with Gasteiger partial charge < -0.3 is 9.73 Å². The van der Waals surface area contributed by atoms with Crippen molar-refractivity contribution in [2.75, 3.05) is 0 Å². The molecule has 1 aliphatic carbocycles. The molecule has 15 heavy (non-hydrogen) atoms. The highest BCUT2D eigenvalue weighted by atomic mass is 16.3. The van der Waals surface area contributed by atoms with Crippen LogP contribution in [0.25, 0.3) is 0 Å². The fourth-order valence-corrected chi connectivity index (χ4v) is 2.52. The number of hydrogen-bond donors (Lipinski definition) is 1. The lowest BCUT2D eigenvalue weighted by molar-refractivity contribution is 0.246.